The minimum Gasteiger partial charge on any atom is -0.481 e. The Kier molecular flexibility index (Phi) is 4.77. The maximum atomic E-state index is 11.5. The summed E-state index contributed by atoms with van der Waals surface area (Å²) in [5, 5.41) is 10.9. The Labute approximate surface area is 106 Å². The van der Waals surface area contributed by atoms with Crippen molar-refractivity contribution in [3.63, 3.8) is 0 Å². The zero-order valence-electron chi connectivity index (χ0n) is 8.81. The van der Waals surface area contributed by atoms with E-state index in [1.54, 1.807) is 0 Å². The largest absolute Gasteiger partial charge is 0.481 e. The average molecular weight is 300 g/mol. The Balaban J connectivity index is 2.51. The third-order valence-corrected chi connectivity index (χ3v) is 2.23. The molecule has 0 saturated heterocycles. The molecule has 0 aromatic carbocycles. The number of carboxylic acid groups (broad SMARTS) is 1. The predicted octanol–water partition coefficient (Wildman–Crippen LogP) is 1.60. The SMILES string of the molecule is C=C(CCC(=O)O)C(=O)Nc1cnc(Br)cn1. The van der Waals surface area contributed by atoms with Crippen LogP contribution in [0.1, 0.15) is 12.8 Å². The number of nitrogens with one attached hydrogen (secondary N) is 1. The van der Waals surface area contributed by atoms with Crippen LogP contribution in [0.2, 0.25) is 0 Å². The van der Waals surface area contributed by atoms with Crippen LogP contribution in [0.15, 0.2) is 29.1 Å². The number of amides is 1. The first-order valence-corrected chi connectivity index (χ1v) is 5.47. The zero-order valence-corrected chi connectivity index (χ0v) is 10.4. The van der Waals surface area contributed by atoms with Gasteiger partial charge in [-0.2, -0.15) is 0 Å². The van der Waals surface area contributed by atoms with Crippen LogP contribution >= 0.6 is 15.9 Å². The van der Waals surface area contributed by atoms with Crippen LogP contribution in [0, 0.1) is 0 Å². The van der Waals surface area contributed by atoms with Gasteiger partial charge in [0.25, 0.3) is 5.91 Å². The number of carbonyl (C=O) groups excluding carboxylic acids is 1. The zero-order chi connectivity index (χ0) is 12.8. The van der Waals surface area contributed by atoms with E-state index < -0.39 is 11.9 Å². The number of hydrogen-bond donors (Lipinski definition) is 2. The Morgan fingerprint density at radius 1 is 1.35 bits per heavy atom. The number of carboxylic acids is 1. The topological polar surface area (TPSA) is 92.2 Å². The van der Waals surface area contributed by atoms with Gasteiger partial charge in [-0.25, -0.2) is 9.97 Å². The number of rotatable bonds is 5. The summed E-state index contributed by atoms with van der Waals surface area (Å²) < 4.78 is 0.556. The maximum Gasteiger partial charge on any atom is 0.303 e. The van der Waals surface area contributed by atoms with Crippen molar-refractivity contribution in [2.45, 2.75) is 12.8 Å². The monoisotopic (exact) mass is 299 g/mol. The molecule has 0 bridgehead atoms. The number of anilines is 1. The van der Waals surface area contributed by atoms with Gasteiger partial charge in [0.15, 0.2) is 5.82 Å². The van der Waals surface area contributed by atoms with Crippen LogP contribution in [-0.4, -0.2) is 27.0 Å². The van der Waals surface area contributed by atoms with Crippen LogP contribution in [0.25, 0.3) is 0 Å². The quantitative estimate of drug-likeness (QED) is 0.806. The van der Waals surface area contributed by atoms with Crippen molar-refractivity contribution in [2.75, 3.05) is 5.32 Å². The molecule has 17 heavy (non-hydrogen) atoms. The van der Waals surface area contributed by atoms with Gasteiger partial charge in [0.2, 0.25) is 0 Å². The van der Waals surface area contributed by atoms with Crippen molar-refractivity contribution in [1.29, 1.82) is 0 Å². The van der Waals surface area contributed by atoms with Gasteiger partial charge in [-0.1, -0.05) is 6.58 Å². The van der Waals surface area contributed by atoms with Crippen molar-refractivity contribution in [3.05, 3.63) is 29.1 Å². The first kappa shape index (κ1) is 13.3. The molecule has 1 aromatic rings. The number of aromatic nitrogens is 2. The summed E-state index contributed by atoms with van der Waals surface area (Å²) in [6.07, 6.45) is 2.80. The molecular formula is C10H10BrN3O3. The first-order chi connectivity index (χ1) is 7.99. The fourth-order valence-corrected chi connectivity index (χ4v) is 1.16. The maximum absolute atomic E-state index is 11.5. The molecule has 1 heterocycles. The van der Waals surface area contributed by atoms with Crippen LogP contribution < -0.4 is 5.32 Å². The van der Waals surface area contributed by atoms with E-state index in [0.717, 1.165) is 0 Å². The van der Waals surface area contributed by atoms with Crippen LogP contribution in [-0.2, 0) is 9.59 Å². The second-order valence-corrected chi connectivity index (χ2v) is 3.99. The molecule has 0 saturated carbocycles. The number of hydrogen-bond acceptors (Lipinski definition) is 4. The summed E-state index contributed by atoms with van der Waals surface area (Å²) in [7, 11) is 0. The molecule has 0 atom stereocenters. The molecule has 0 unspecified atom stereocenters. The molecule has 0 aliphatic rings. The molecule has 0 radical (unpaired) electrons. The van der Waals surface area contributed by atoms with E-state index in [0.29, 0.717) is 4.60 Å². The first-order valence-electron chi connectivity index (χ1n) is 4.67. The van der Waals surface area contributed by atoms with Gasteiger partial charge in [-0.3, -0.25) is 9.59 Å². The minimum atomic E-state index is -0.970. The van der Waals surface area contributed by atoms with Gasteiger partial charge >= 0.3 is 5.97 Å². The van der Waals surface area contributed by atoms with Gasteiger partial charge in [0.05, 0.1) is 12.4 Å². The third kappa shape index (κ3) is 4.73. The highest BCUT2D eigenvalue weighted by Crippen LogP contribution is 2.09. The van der Waals surface area contributed by atoms with Crippen LogP contribution in [0.5, 0.6) is 0 Å². The highest BCUT2D eigenvalue weighted by atomic mass is 79.9. The molecule has 0 aliphatic carbocycles. The van der Waals surface area contributed by atoms with Crippen molar-refractivity contribution in [2.24, 2.45) is 0 Å². The number of nitrogens with zero attached hydrogens (tertiary/aromatic N) is 2. The van der Waals surface area contributed by atoms with Gasteiger partial charge < -0.3 is 10.4 Å². The molecule has 90 valence electrons. The molecule has 6 nitrogen and oxygen atoms in total. The fourth-order valence-electron chi connectivity index (χ4n) is 0.953. The highest BCUT2D eigenvalue weighted by Gasteiger charge is 2.09. The molecule has 0 fully saturated rings. The second kappa shape index (κ2) is 6.09. The van der Waals surface area contributed by atoms with Gasteiger partial charge in [-0.05, 0) is 22.4 Å². The lowest BCUT2D eigenvalue weighted by Gasteiger charge is -2.05. The van der Waals surface area contributed by atoms with E-state index in [2.05, 4.69) is 37.8 Å². The predicted molar refractivity (Wildman–Crippen MR) is 64.4 cm³/mol. The van der Waals surface area contributed by atoms with Crippen molar-refractivity contribution < 1.29 is 14.7 Å². The highest BCUT2D eigenvalue weighted by molar-refractivity contribution is 9.10. The van der Waals surface area contributed by atoms with Crippen molar-refractivity contribution in [3.8, 4) is 0 Å². The lowest BCUT2D eigenvalue weighted by molar-refractivity contribution is -0.136. The summed E-state index contributed by atoms with van der Waals surface area (Å²) in [6, 6.07) is 0. The lowest BCUT2D eigenvalue weighted by atomic mass is 10.1. The molecule has 2 N–H and O–H groups in total. The van der Waals surface area contributed by atoms with Gasteiger partial charge in [0.1, 0.15) is 4.60 Å². The van der Waals surface area contributed by atoms with E-state index in [1.807, 2.05) is 0 Å². The van der Waals surface area contributed by atoms with E-state index in [1.165, 1.54) is 12.4 Å². The Bertz CT molecular complexity index is 445. The number of aliphatic carboxylic acids is 1. The van der Waals surface area contributed by atoms with Crippen LogP contribution in [0.3, 0.4) is 0 Å². The molecule has 7 heteroatoms. The Hall–Kier alpha value is -1.76. The summed E-state index contributed by atoms with van der Waals surface area (Å²) in [5.74, 6) is -1.14. The molecule has 1 aromatic heterocycles. The summed E-state index contributed by atoms with van der Waals surface area (Å²) >= 11 is 3.11. The number of carbonyl (C=O) groups is 2. The van der Waals surface area contributed by atoms with E-state index in [9.17, 15) is 9.59 Å². The Morgan fingerprint density at radius 2 is 2.06 bits per heavy atom. The smallest absolute Gasteiger partial charge is 0.303 e. The molecule has 1 rings (SSSR count). The van der Waals surface area contributed by atoms with Crippen molar-refractivity contribution in [1.82, 2.24) is 9.97 Å². The molecular weight excluding hydrogens is 290 g/mol. The summed E-state index contributed by atoms with van der Waals surface area (Å²) in [4.78, 5) is 29.6. The lowest BCUT2D eigenvalue weighted by Crippen LogP contribution is -2.15. The Morgan fingerprint density at radius 3 is 2.59 bits per heavy atom. The summed E-state index contributed by atoms with van der Waals surface area (Å²) in [5.41, 5.74) is 0.192. The summed E-state index contributed by atoms with van der Waals surface area (Å²) in [6.45, 7) is 3.51. The van der Waals surface area contributed by atoms with Gasteiger partial charge in [-0.15, -0.1) is 0 Å². The molecule has 0 aliphatic heterocycles. The van der Waals surface area contributed by atoms with Crippen LogP contribution in [0.4, 0.5) is 5.82 Å². The van der Waals surface area contributed by atoms with Gasteiger partial charge in [0, 0.05) is 12.0 Å². The van der Waals surface area contributed by atoms with E-state index in [4.69, 9.17) is 5.11 Å². The number of halogens is 1. The standard InChI is InChI=1S/C10H10BrN3O3/c1-6(2-3-9(15)16)10(17)14-8-5-12-7(11)4-13-8/h4-5H,1-3H2,(H,15,16)(H,13,14,17). The second-order valence-electron chi connectivity index (χ2n) is 3.18. The molecule has 0 spiro atoms. The fraction of sp³-hybridized carbons (Fsp3) is 0.200. The molecule has 1 amide bonds. The normalized spacial score (nSPS) is 9.71. The van der Waals surface area contributed by atoms with E-state index in [-0.39, 0.29) is 24.2 Å². The van der Waals surface area contributed by atoms with E-state index >= 15 is 0 Å². The van der Waals surface area contributed by atoms with Crippen molar-refractivity contribution >= 4 is 33.6 Å². The minimum absolute atomic E-state index is 0.102. The average Bonchev–Trinajstić information content (AvgIpc) is 2.28. The third-order valence-electron chi connectivity index (χ3n) is 1.82.